The molecule has 3 aromatic carbocycles. The fourth-order valence-electron chi connectivity index (χ4n) is 2.76. The predicted molar refractivity (Wildman–Crippen MR) is 127 cm³/mol. The summed E-state index contributed by atoms with van der Waals surface area (Å²) in [7, 11) is -4.08. The highest BCUT2D eigenvalue weighted by Gasteiger charge is 2.24. The van der Waals surface area contributed by atoms with Crippen molar-refractivity contribution in [3.8, 4) is 0 Å². The van der Waals surface area contributed by atoms with Crippen molar-refractivity contribution >= 4 is 89.2 Å². The third-order valence-electron chi connectivity index (χ3n) is 4.19. The van der Waals surface area contributed by atoms with E-state index in [2.05, 4.69) is 34.7 Å². The summed E-state index contributed by atoms with van der Waals surface area (Å²) < 4.78 is 37.5. The number of fused-ring (bicyclic) bond motifs is 1. The number of carbonyl (C=O) groups is 1. The molecule has 0 unspecified atom stereocenters. The van der Waals surface area contributed by atoms with E-state index in [1.807, 2.05) is 0 Å². The molecule has 158 valence electrons. The lowest BCUT2D eigenvalue weighted by Gasteiger charge is -2.14. The Balaban J connectivity index is 1.70. The van der Waals surface area contributed by atoms with Crippen LogP contribution < -0.4 is 10.0 Å². The molecule has 0 aliphatic carbocycles. The van der Waals surface area contributed by atoms with Gasteiger partial charge in [0.2, 0.25) is 0 Å². The van der Waals surface area contributed by atoms with Crippen LogP contribution in [0.25, 0.3) is 11.0 Å². The van der Waals surface area contributed by atoms with Crippen LogP contribution in [0.4, 0.5) is 11.4 Å². The minimum Gasteiger partial charge on any atom is -0.322 e. The Morgan fingerprint density at radius 2 is 1.61 bits per heavy atom. The lowest BCUT2D eigenvalue weighted by atomic mass is 10.1. The number of hydrogen-bond acceptors (Lipinski definition) is 6. The van der Waals surface area contributed by atoms with E-state index in [1.165, 1.54) is 24.3 Å². The molecule has 31 heavy (non-hydrogen) atoms. The van der Waals surface area contributed by atoms with Crippen molar-refractivity contribution < 1.29 is 13.2 Å². The first kappa shape index (κ1) is 22.0. The van der Waals surface area contributed by atoms with Crippen molar-refractivity contribution in [2.24, 2.45) is 0 Å². The molecule has 0 aliphatic heterocycles. The molecule has 0 bridgehead atoms. The molecule has 0 aliphatic rings. The molecular formula is C19H11BrCl2N4O3S2. The Hall–Kier alpha value is -2.24. The van der Waals surface area contributed by atoms with Crippen molar-refractivity contribution in [2.75, 3.05) is 10.0 Å². The molecule has 1 heterocycles. The lowest BCUT2D eigenvalue weighted by Crippen LogP contribution is -2.19. The van der Waals surface area contributed by atoms with Gasteiger partial charge in [-0.25, -0.2) is 8.42 Å². The van der Waals surface area contributed by atoms with Crippen LogP contribution in [0.5, 0.6) is 0 Å². The summed E-state index contributed by atoms with van der Waals surface area (Å²) >= 11 is 16.2. The number of anilines is 2. The minimum absolute atomic E-state index is 0.0517. The van der Waals surface area contributed by atoms with E-state index < -0.39 is 15.9 Å². The van der Waals surface area contributed by atoms with E-state index in [1.54, 1.807) is 30.3 Å². The second-order valence-electron chi connectivity index (χ2n) is 6.26. The Morgan fingerprint density at radius 1 is 0.935 bits per heavy atom. The summed E-state index contributed by atoms with van der Waals surface area (Å²) in [5.74, 6) is -0.543. The zero-order valence-corrected chi connectivity index (χ0v) is 20.0. The second-order valence-corrected chi connectivity index (χ2v) is 10.2. The highest BCUT2D eigenvalue weighted by molar-refractivity contribution is 9.10. The number of hydrogen-bond donors (Lipinski definition) is 2. The van der Waals surface area contributed by atoms with Crippen LogP contribution in [0, 0.1) is 0 Å². The SMILES string of the molecule is O=C(Nc1ccc(Cl)cc1)c1cc(Cl)ccc1NS(=O)(=O)c1ccc(Br)c2nsnc12. The topological polar surface area (TPSA) is 101 Å². The Bertz CT molecular complexity index is 1410. The van der Waals surface area contributed by atoms with Crippen molar-refractivity contribution in [1.29, 1.82) is 0 Å². The molecule has 0 fully saturated rings. The van der Waals surface area contributed by atoms with Crippen LogP contribution in [0.15, 0.2) is 64.0 Å². The zero-order chi connectivity index (χ0) is 22.2. The highest BCUT2D eigenvalue weighted by atomic mass is 79.9. The number of rotatable bonds is 5. The summed E-state index contributed by atoms with van der Waals surface area (Å²) in [6.45, 7) is 0. The summed E-state index contributed by atoms with van der Waals surface area (Å²) in [5, 5.41) is 3.49. The molecule has 7 nitrogen and oxygen atoms in total. The standard InChI is InChI=1S/C19H11BrCl2N4O3S2/c20-14-6-8-16(18-17(14)24-30-25-18)31(28,29)26-15-7-3-11(22)9-13(15)19(27)23-12-4-1-10(21)2-5-12/h1-9,26H,(H,23,27). The number of benzene rings is 3. The molecule has 2 N–H and O–H groups in total. The Kier molecular flexibility index (Phi) is 6.18. The molecule has 1 amide bonds. The minimum atomic E-state index is -4.08. The van der Waals surface area contributed by atoms with Gasteiger partial charge in [-0.3, -0.25) is 9.52 Å². The van der Waals surface area contributed by atoms with E-state index in [-0.39, 0.29) is 26.7 Å². The van der Waals surface area contributed by atoms with E-state index in [0.717, 1.165) is 11.7 Å². The molecule has 0 saturated heterocycles. The average Bonchev–Trinajstić information content (AvgIpc) is 3.21. The van der Waals surface area contributed by atoms with E-state index in [0.29, 0.717) is 20.7 Å². The van der Waals surface area contributed by atoms with Gasteiger partial charge in [-0.2, -0.15) is 8.75 Å². The summed E-state index contributed by atoms with van der Waals surface area (Å²) in [6.07, 6.45) is 0. The zero-order valence-electron chi connectivity index (χ0n) is 15.3. The fourth-order valence-corrected chi connectivity index (χ4v) is 5.43. The molecule has 0 spiro atoms. The molecule has 0 radical (unpaired) electrons. The van der Waals surface area contributed by atoms with Crippen LogP contribution in [0.2, 0.25) is 10.0 Å². The first-order valence-electron chi connectivity index (χ1n) is 8.55. The summed E-state index contributed by atoms with van der Waals surface area (Å²) in [6, 6.07) is 13.8. The van der Waals surface area contributed by atoms with Gasteiger partial charge in [0.1, 0.15) is 15.9 Å². The van der Waals surface area contributed by atoms with Crippen LogP contribution in [-0.4, -0.2) is 23.1 Å². The van der Waals surface area contributed by atoms with Crippen molar-refractivity contribution in [1.82, 2.24) is 8.75 Å². The molecule has 1 aromatic heterocycles. The number of halogens is 3. The largest absolute Gasteiger partial charge is 0.322 e. The van der Waals surface area contributed by atoms with Gasteiger partial charge in [0.05, 0.1) is 23.0 Å². The summed E-state index contributed by atoms with van der Waals surface area (Å²) in [5.41, 5.74) is 1.27. The van der Waals surface area contributed by atoms with Gasteiger partial charge < -0.3 is 5.32 Å². The number of sulfonamides is 1. The summed E-state index contributed by atoms with van der Waals surface area (Å²) in [4.78, 5) is 12.8. The van der Waals surface area contributed by atoms with Gasteiger partial charge in [0, 0.05) is 20.2 Å². The first-order chi connectivity index (χ1) is 14.7. The van der Waals surface area contributed by atoms with Gasteiger partial charge in [-0.05, 0) is 70.5 Å². The van der Waals surface area contributed by atoms with Crippen LogP contribution in [0.3, 0.4) is 0 Å². The lowest BCUT2D eigenvalue weighted by molar-refractivity contribution is 0.102. The van der Waals surface area contributed by atoms with E-state index in [9.17, 15) is 13.2 Å². The van der Waals surface area contributed by atoms with Crippen LogP contribution in [-0.2, 0) is 10.0 Å². The average molecular weight is 558 g/mol. The van der Waals surface area contributed by atoms with Gasteiger partial charge in [0.25, 0.3) is 15.9 Å². The highest BCUT2D eigenvalue weighted by Crippen LogP contribution is 2.30. The molecule has 0 saturated carbocycles. The molecule has 0 atom stereocenters. The third-order valence-corrected chi connectivity index (χ3v) is 7.24. The Morgan fingerprint density at radius 3 is 2.35 bits per heavy atom. The van der Waals surface area contributed by atoms with E-state index >= 15 is 0 Å². The number of amides is 1. The first-order valence-corrected chi connectivity index (χ1v) is 12.3. The van der Waals surface area contributed by atoms with E-state index in [4.69, 9.17) is 23.2 Å². The molecule has 4 aromatic rings. The number of nitrogens with zero attached hydrogens (tertiary/aromatic N) is 2. The quantitative estimate of drug-likeness (QED) is 0.322. The molecular weight excluding hydrogens is 547 g/mol. The number of nitrogens with one attached hydrogen (secondary N) is 2. The fraction of sp³-hybridized carbons (Fsp3) is 0. The van der Waals surface area contributed by atoms with Gasteiger partial charge >= 0.3 is 0 Å². The van der Waals surface area contributed by atoms with Crippen molar-refractivity contribution in [3.63, 3.8) is 0 Å². The monoisotopic (exact) mass is 556 g/mol. The second kappa shape index (κ2) is 8.71. The number of carbonyl (C=O) groups excluding carboxylic acids is 1. The molecule has 4 rings (SSSR count). The third kappa shape index (κ3) is 4.68. The Labute approximate surface area is 199 Å². The van der Waals surface area contributed by atoms with Gasteiger partial charge in [-0.15, -0.1) is 0 Å². The maximum Gasteiger partial charge on any atom is 0.264 e. The normalized spacial score (nSPS) is 11.5. The number of aromatic nitrogens is 2. The van der Waals surface area contributed by atoms with Crippen molar-refractivity contribution in [3.05, 3.63) is 74.7 Å². The van der Waals surface area contributed by atoms with Gasteiger partial charge in [0.15, 0.2) is 0 Å². The smallest absolute Gasteiger partial charge is 0.264 e. The maximum atomic E-state index is 13.1. The van der Waals surface area contributed by atoms with Crippen LogP contribution in [0.1, 0.15) is 10.4 Å². The molecule has 12 heteroatoms. The predicted octanol–water partition coefficient (Wildman–Crippen LogP) is 5.81. The van der Waals surface area contributed by atoms with Gasteiger partial charge in [-0.1, -0.05) is 23.2 Å². The maximum absolute atomic E-state index is 13.1. The van der Waals surface area contributed by atoms with Crippen LogP contribution >= 0.6 is 50.9 Å². The van der Waals surface area contributed by atoms with Crippen molar-refractivity contribution in [2.45, 2.75) is 4.90 Å².